The third kappa shape index (κ3) is 2.67. The van der Waals surface area contributed by atoms with E-state index in [1.165, 1.54) is 11.0 Å². The number of benzene rings is 1. The highest BCUT2D eigenvalue weighted by molar-refractivity contribution is 6.65. The van der Waals surface area contributed by atoms with E-state index in [4.69, 9.17) is 0 Å². The lowest BCUT2D eigenvalue weighted by molar-refractivity contribution is -0.303. The quantitative estimate of drug-likeness (QED) is 0.702. The summed E-state index contributed by atoms with van der Waals surface area (Å²) in [7, 11) is 0. The third-order valence-electron chi connectivity index (χ3n) is 3.25. The van der Waals surface area contributed by atoms with Gasteiger partial charge in [0, 0.05) is 6.92 Å². The summed E-state index contributed by atoms with van der Waals surface area (Å²) in [4.78, 5) is 4.42. The Hall–Kier alpha value is -1.90. The minimum absolute atomic E-state index is 0.283. The molecule has 0 radical (unpaired) electrons. The lowest BCUT2D eigenvalue weighted by atomic mass is 9.56. The number of allylic oxidation sites excluding steroid dienone is 3. The van der Waals surface area contributed by atoms with Crippen LogP contribution in [0.4, 0.5) is 0 Å². The SMILES string of the molecule is CB(c1ccccc1C)[N+]1=C(C)/N=C/C=C/C=C\1. The normalized spacial score (nSPS) is 23.9. The molecule has 1 aromatic rings. The molecule has 3 heteroatoms. The molecule has 0 N–H and O–H groups in total. The zero-order valence-corrected chi connectivity index (χ0v) is 11.2. The van der Waals surface area contributed by atoms with Crippen molar-refractivity contribution in [3.63, 3.8) is 0 Å². The fourth-order valence-electron chi connectivity index (χ4n) is 2.20. The Morgan fingerprint density at radius 1 is 1.06 bits per heavy atom. The minimum atomic E-state index is 0.283. The van der Waals surface area contributed by atoms with Gasteiger partial charge in [0.25, 0.3) is 5.84 Å². The summed E-state index contributed by atoms with van der Waals surface area (Å²) in [6.07, 6.45) is 9.89. The van der Waals surface area contributed by atoms with Crippen LogP contribution in [0.15, 0.2) is 53.7 Å². The van der Waals surface area contributed by atoms with E-state index < -0.39 is 0 Å². The number of rotatable bonds is 2. The number of hydrogen-bond donors (Lipinski definition) is 0. The number of aliphatic imine (C=N–C) groups is 1. The molecule has 1 heterocycles. The molecule has 0 amide bonds. The molecule has 2 rings (SSSR count). The summed E-state index contributed by atoms with van der Waals surface area (Å²) in [5.41, 5.74) is 2.65. The second-order valence-corrected chi connectivity index (χ2v) is 4.49. The van der Waals surface area contributed by atoms with Crippen LogP contribution in [0.1, 0.15) is 12.5 Å². The average molecular weight is 237 g/mol. The van der Waals surface area contributed by atoms with Gasteiger partial charge in [0.1, 0.15) is 6.21 Å². The molecule has 90 valence electrons. The first-order valence-corrected chi connectivity index (χ1v) is 6.25. The average Bonchev–Trinajstić information content (AvgIpc) is 2.34. The van der Waals surface area contributed by atoms with Crippen LogP contribution in [0.5, 0.6) is 0 Å². The minimum Gasteiger partial charge on any atom is -0.294 e. The van der Waals surface area contributed by atoms with Crippen LogP contribution in [0.3, 0.4) is 0 Å². The summed E-state index contributed by atoms with van der Waals surface area (Å²) >= 11 is 0. The van der Waals surface area contributed by atoms with Crippen LogP contribution in [0, 0.1) is 6.92 Å². The van der Waals surface area contributed by atoms with Crippen LogP contribution >= 0.6 is 0 Å². The van der Waals surface area contributed by atoms with Gasteiger partial charge in [-0.1, -0.05) is 40.9 Å². The van der Waals surface area contributed by atoms with Crippen molar-refractivity contribution in [1.82, 2.24) is 0 Å². The number of hydrogen-bond acceptors (Lipinski definition) is 1. The molecule has 0 bridgehead atoms. The topological polar surface area (TPSA) is 15.4 Å². The van der Waals surface area contributed by atoms with Gasteiger partial charge < -0.3 is 0 Å². The summed E-state index contributed by atoms with van der Waals surface area (Å²) in [6, 6.07) is 8.49. The molecule has 1 aliphatic rings. The van der Waals surface area contributed by atoms with E-state index in [9.17, 15) is 0 Å². The van der Waals surface area contributed by atoms with Crippen LogP contribution in [-0.4, -0.2) is 23.4 Å². The lowest BCUT2D eigenvalue weighted by Crippen LogP contribution is -2.40. The van der Waals surface area contributed by atoms with Gasteiger partial charge in [-0.05, 0) is 31.4 Å². The van der Waals surface area contributed by atoms with E-state index in [1.54, 1.807) is 0 Å². The van der Waals surface area contributed by atoms with Crippen molar-refractivity contribution in [2.75, 3.05) is 0 Å². The van der Waals surface area contributed by atoms with Crippen LogP contribution < -0.4 is 5.46 Å². The first-order valence-electron chi connectivity index (χ1n) is 6.25. The van der Waals surface area contributed by atoms with Gasteiger partial charge in [-0.15, -0.1) is 0 Å². The van der Waals surface area contributed by atoms with E-state index in [0.29, 0.717) is 0 Å². The number of amidine groups is 1. The Kier molecular flexibility index (Phi) is 3.93. The largest absolute Gasteiger partial charge is 0.409 e. The van der Waals surface area contributed by atoms with Crippen molar-refractivity contribution in [2.24, 2.45) is 4.99 Å². The van der Waals surface area contributed by atoms with Gasteiger partial charge in [0.15, 0.2) is 0 Å². The van der Waals surface area contributed by atoms with Crippen molar-refractivity contribution in [3.8, 4) is 0 Å². The summed E-state index contributed by atoms with van der Waals surface area (Å²) < 4.78 is 2.20. The molecule has 1 aromatic carbocycles. The van der Waals surface area contributed by atoms with Gasteiger partial charge in [0.2, 0.25) is 0 Å². The van der Waals surface area contributed by atoms with E-state index in [2.05, 4.69) is 53.7 Å². The monoisotopic (exact) mass is 237 g/mol. The zero-order valence-electron chi connectivity index (χ0n) is 11.2. The van der Waals surface area contributed by atoms with Crippen molar-refractivity contribution < 1.29 is 4.49 Å². The lowest BCUT2D eigenvalue weighted by Gasteiger charge is -2.11. The van der Waals surface area contributed by atoms with Crippen molar-refractivity contribution in [3.05, 3.63) is 54.3 Å². The van der Waals surface area contributed by atoms with Gasteiger partial charge >= 0.3 is 6.85 Å². The molecule has 0 unspecified atom stereocenters. The molecule has 0 spiro atoms. The first-order chi connectivity index (χ1) is 8.70. The summed E-state index contributed by atoms with van der Waals surface area (Å²) in [6.45, 7) is 6.68. The maximum atomic E-state index is 4.42. The maximum absolute atomic E-state index is 4.42. The molecule has 18 heavy (non-hydrogen) atoms. The maximum Gasteiger partial charge on any atom is 0.409 e. The number of nitrogens with zero attached hydrogens (tertiary/aromatic N) is 2. The first kappa shape index (κ1) is 12.6. The molecular weight excluding hydrogens is 219 g/mol. The predicted octanol–water partition coefficient (Wildman–Crippen LogP) is 2.41. The van der Waals surface area contributed by atoms with E-state index >= 15 is 0 Å². The molecule has 1 aliphatic heterocycles. The Morgan fingerprint density at radius 3 is 2.61 bits per heavy atom. The zero-order chi connectivity index (χ0) is 13.0. The second kappa shape index (κ2) is 5.63. The molecule has 0 saturated heterocycles. The molecule has 0 aromatic heterocycles. The molecule has 2 nitrogen and oxygen atoms in total. The Bertz CT molecular complexity index is 553. The Balaban J connectivity index is 2.42. The van der Waals surface area contributed by atoms with E-state index in [0.717, 1.165) is 5.84 Å². The molecular formula is C15H18BN2+. The standard InChI is InChI=1S/C15H18BN2/c1-13-9-5-6-10-15(13)16(3)18-12-8-4-7-11-17-14(18)2/h4-12H,1-3H3/q+1/b7-4+,8-4?,11-7?,12-8-. The summed E-state index contributed by atoms with van der Waals surface area (Å²) in [5.74, 6) is 1.01. The molecule has 0 saturated carbocycles. The second-order valence-electron chi connectivity index (χ2n) is 4.49. The predicted molar refractivity (Wildman–Crippen MR) is 80.1 cm³/mol. The Morgan fingerprint density at radius 2 is 1.83 bits per heavy atom. The number of aryl methyl sites for hydroxylation is 1. The van der Waals surface area contributed by atoms with Crippen molar-refractivity contribution >= 4 is 24.4 Å². The molecule has 0 fully saturated rings. The van der Waals surface area contributed by atoms with Crippen LogP contribution in [0.25, 0.3) is 0 Å². The third-order valence-corrected chi connectivity index (χ3v) is 3.25. The van der Waals surface area contributed by atoms with Crippen LogP contribution in [-0.2, 0) is 0 Å². The highest BCUT2D eigenvalue weighted by Gasteiger charge is 2.23. The van der Waals surface area contributed by atoms with Gasteiger partial charge in [-0.2, -0.15) is 0 Å². The van der Waals surface area contributed by atoms with E-state index in [-0.39, 0.29) is 6.85 Å². The van der Waals surface area contributed by atoms with E-state index in [1.807, 2.05) is 31.4 Å². The van der Waals surface area contributed by atoms with Gasteiger partial charge in [0.05, 0.1) is 6.20 Å². The van der Waals surface area contributed by atoms with Crippen LogP contribution in [0.2, 0.25) is 6.82 Å². The van der Waals surface area contributed by atoms with Gasteiger partial charge in [-0.25, -0.2) is 0 Å². The highest BCUT2D eigenvalue weighted by atomic mass is 15.0. The Labute approximate surface area is 109 Å². The smallest absolute Gasteiger partial charge is 0.294 e. The van der Waals surface area contributed by atoms with Crippen molar-refractivity contribution in [2.45, 2.75) is 20.7 Å². The molecule has 0 atom stereocenters. The fourth-order valence-corrected chi connectivity index (χ4v) is 2.20. The fraction of sp³-hybridized carbons (Fsp3) is 0.200. The van der Waals surface area contributed by atoms with Gasteiger partial charge in [-0.3, -0.25) is 4.49 Å². The summed E-state index contributed by atoms with van der Waals surface area (Å²) in [5, 5.41) is 0. The highest BCUT2D eigenvalue weighted by Crippen LogP contribution is 2.01. The molecule has 0 aliphatic carbocycles. The van der Waals surface area contributed by atoms with Crippen molar-refractivity contribution in [1.29, 1.82) is 0 Å².